The predicted molar refractivity (Wildman–Crippen MR) is 82.0 cm³/mol. The molecule has 6 nitrogen and oxygen atoms in total. The van der Waals surface area contributed by atoms with E-state index in [2.05, 4.69) is 15.3 Å². The smallest absolute Gasteiger partial charge is 0.262 e. The minimum Gasteiger partial charge on any atom is -0.376 e. The highest BCUT2D eigenvalue weighted by Gasteiger charge is 2.17. The third-order valence-electron chi connectivity index (χ3n) is 3.69. The number of H-pyrrole nitrogens is 1. The third kappa shape index (κ3) is 2.92. The molecule has 2 aromatic heterocycles. The number of ether oxygens (including phenoxy) is 1. The van der Waals surface area contributed by atoms with Crippen LogP contribution in [-0.4, -0.2) is 22.5 Å². The molecule has 0 saturated heterocycles. The minimum atomic E-state index is -0.466. The van der Waals surface area contributed by atoms with Crippen molar-refractivity contribution in [3.8, 4) is 0 Å². The largest absolute Gasteiger partial charge is 0.376 e. The number of carbonyl (C=O) groups is 1. The molecule has 0 aliphatic carbocycles. The van der Waals surface area contributed by atoms with Gasteiger partial charge < -0.3 is 15.0 Å². The maximum absolute atomic E-state index is 12.3. The summed E-state index contributed by atoms with van der Waals surface area (Å²) >= 11 is 0. The maximum atomic E-state index is 12.3. The van der Waals surface area contributed by atoms with Crippen molar-refractivity contribution in [2.75, 3.05) is 11.9 Å². The zero-order valence-electron chi connectivity index (χ0n) is 12.3. The van der Waals surface area contributed by atoms with Crippen molar-refractivity contribution < 1.29 is 9.53 Å². The number of hydrogen-bond acceptors (Lipinski definition) is 4. The molecular formula is C16H17N3O3. The number of nitrogens with zero attached hydrogens (tertiary/aromatic N) is 1. The second kappa shape index (κ2) is 6.11. The van der Waals surface area contributed by atoms with Gasteiger partial charge >= 0.3 is 0 Å². The first-order valence-corrected chi connectivity index (χ1v) is 7.26. The van der Waals surface area contributed by atoms with Crippen molar-refractivity contribution in [1.82, 2.24) is 9.97 Å². The summed E-state index contributed by atoms with van der Waals surface area (Å²) in [5.41, 5.74) is 2.47. The summed E-state index contributed by atoms with van der Waals surface area (Å²) in [6.45, 7) is 3.03. The zero-order valence-corrected chi connectivity index (χ0v) is 12.3. The molecule has 6 heteroatoms. The number of aromatic nitrogens is 2. The van der Waals surface area contributed by atoms with Gasteiger partial charge in [-0.2, -0.15) is 0 Å². The van der Waals surface area contributed by atoms with Gasteiger partial charge in [-0.1, -0.05) is 13.0 Å². The van der Waals surface area contributed by atoms with Crippen molar-refractivity contribution in [2.45, 2.75) is 26.4 Å². The van der Waals surface area contributed by atoms with E-state index in [4.69, 9.17) is 4.74 Å². The van der Waals surface area contributed by atoms with Crippen LogP contribution in [0.2, 0.25) is 0 Å². The SMILES string of the molecule is CCc1ccc(NC(=O)c2cc3c([nH]c2=O)CCOC3)nc1. The number of amides is 1. The molecule has 2 aromatic rings. The zero-order chi connectivity index (χ0) is 15.5. The Morgan fingerprint density at radius 2 is 2.32 bits per heavy atom. The van der Waals surface area contributed by atoms with Gasteiger partial charge in [0.1, 0.15) is 11.4 Å². The Kier molecular flexibility index (Phi) is 4.02. The fourth-order valence-corrected chi connectivity index (χ4v) is 2.38. The summed E-state index contributed by atoms with van der Waals surface area (Å²) in [5.74, 6) is -0.0399. The van der Waals surface area contributed by atoms with Crippen LogP contribution in [0, 0.1) is 0 Å². The van der Waals surface area contributed by atoms with Gasteiger partial charge in [0.15, 0.2) is 0 Å². The van der Waals surface area contributed by atoms with Gasteiger partial charge in [-0.05, 0) is 29.7 Å². The van der Waals surface area contributed by atoms with Gasteiger partial charge in [-0.15, -0.1) is 0 Å². The van der Waals surface area contributed by atoms with E-state index in [9.17, 15) is 9.59 Å². The van der Waals surface area contributed by atoms with Crippen LogP contribution >= 0.6 is 0 Å². The van der Waals surface area contributed by atoms with E-state index in [0.29, 0.717) is 25.5 Å². The molecule has 22 heavy (non-hydrogen) atoms. The Morgan fingerprint density at radius 1 is 1.45 bits per heavy atom. The van der Waals surface area contributed by atoms with Crippen LogP contribution in [0.1, 0.15) is 34.1 Å². The second-order valence-electron chi connectivity index (χ2n) is 5.18. The predicted octanol–water partition coefficient (Wildman–Crippen LogP) is 1.66. The molecule has 0 unspecified atom stereocenters. The number of rotatable bonds is 3. The van der Waals surface area contributed by atoms with Gasteiger partial charge in [0, 0.05) is 18.3 Å². The van der Waals surface area contributed by atoms with Crippen LogP contribution < -0.4 is 10.9 Å². The van der Waals surface area contributed by atoms with Crippen LogP contribution in [0.25, 0.3) is 0 Å². The molecule has 114 valence electrons. The van der Waals surface area contributed by atoms with Gasteiger partial charge in [0.05, 0.1) is 13.2 Å². The first-order valence-electron chi connectivity index (χ1n) is 7.26. The fraction of sp³-hybridized carbons (Fsp3) is 0.312. The van der Waals surface area contributed by atoms with Crippen molar-refractivity contribution in [1.29, 1.82) is 0 Å². The molecule has 0 saturated carbocycles. The van der Waals surface area contributed by atoms with Gasteiger partial charge in [-0.25, -0.2) is 4.98 Å². The van der Waals surface area contributed by atoms with Gasteiger partial charge in [-0.3, -0.25) is 9.59 Å². The Hall–Kier alpha value is -2.47. The molecule has 1 aliphatic heterocycles. The van der Waals surface area contributed by atoms with Gasteiger partial charge in [0.25, 0.3) is 11.5 Å². The van der Waals surface area contributed by atoms with Crippen LogP contribution in [0.15, 0.2) is 29.2 Å². The lowest BCUT2D eigenvalue weighted by molar-refractivity contribution is 0.101. The summed E-state index contributed by atoms with van der Waals surface area (Å²) in [6, 6.07) is 5.23. The second-order valence-corrected chi connectivity index (χ2v) is 5.18. The lowest BCUT2D eigenvalue weighted by atomic mass is 10.1. The topological polar surface area (TPSA) is 84.1 Å². The average molecular weight is 299 g/mol. The van der Waals surface area contributed by atoms with Crippen LogP contribution in [-0.2, 0) is 24.2 Å². The molecule has 0 spiro atoms. The number of nitrogens with one attached hydrogen (secondary N) is 2. The lowest BCUT2D eigenvalue weighted by Gasteiger charge is -2.16. The summed E-state index contributed by atoms with van der Waals surface area (Å²) in [6.07, 6.45) is 3.25. The summed E-state index contributed by atoms with van der Waals surface area (Å²) < 4.78 is 5.35. The molecular weight excluding hydrogens is 282 g/mol. The van der Waals surface area contributed by atoms with E-state index in [1.807, 2.05) is 13.0 Å². The molecule has 0 aromatic carbocycles. The number of aryl methyl sites for hydroxylation is 1. The molecule has 0 bridgehead atoms. The monoisotopic (exact) mass is 299 g/mol. The number of aromatic amines is 1. The van der Waals surface area contributed by atoms with Crippen molar-refractivity contribution >= 4 is 11.7 Å². The molecule has 2 N–H and O–H groups in total. The van der Waals surface area contributed by atoms with E-state index >= 15 is 0 Å². The van der Waals surface area contributed by atoms with Gasteiger partial charge in [0.2, 0.25) is 0 Å². The summed E-state index contributed by atoms with van der Waals surface area (Å²) in [5, 5.41) is 2.65. The molecule has 3 heterocycles. The Bertz CT molecular complexity index is 750. The molecule has 0 radical (unpaired) electrons. The van der Waals surface area contributed by atoms with Crippen molar-refractivity contribution in [2.24, 2.45) is 0 Å². The molecule has 3 rings (SSSR count). The minimum absolute atomic E-state index is 0.0746. The number of hydrogen-bond donors (Lipinski definition) is 2. The van der Waals surface area contributed by atoms with E-state index < -0.39 is 5.91 Å². The van der Waals surface area contributed by atoms with E-state index in [0.717, 1.165) is 23.2 Å². The first kappa shape index (κ1) is 14.5. The Balaban J connectivity index is 1.83. The average Bonchev–Trinajstić information content (AvgIpc) is 2.54. The highest BCUT2D eigenvalue weighted by Crippen LogP contribution is 2.14. The fourth-order valence-electron chi connectivity index (χ4n) is 2.38. The maximum Gasteiger partial charge on any atom is 0.262 e. The van der Waals surface area contributed by atoms with Crippen molar-refractivity contribution in [3.63, 3.8) is 0 Å². The first-order chi connectivity index (χ1) is 10.7. The Morgan fingerprint density at radius 3 is 3.05 bits per heavy atom. The van der Waals surface area contributed by atoms with Crippen LogP contribution in [0.3, 0.4) is 0 Å². The van der Waals surface area contributed by atoms with Crippen LogP contribution in [0.5, 0.6) is 0 Å². The number of anilines is 1. The van der Waals surface area contributed by atoms with E-state index in [-0.39, 0.29) is 11.1 Å². The van der Waals surface area contributed by atoms with Crippen molar-refractivity contribution in [3.05, 3.63) is 57.1 Å². The lowest BCUT2D eigenvalue weighted by Crippen LogP contribution is -2.27. The number of pyridine rings is 2. The normalized spacial score (nSPS) is 13.5. The number of carbonyl (C=O) groups excluding carboxylic acids is 1. The summed E-state index contributed by atoms with van der Waals surface area (Å²) in [4.78, 5) is 31.2. The highest BCUT2D eigenvalue weighted by molar-refractivity contribution is 6.03. The highest BCUT2D eigenvalue weighted by atomic mass is 16.5. The molecule has 1 aliphatic rings. The molecule has 1 amide bonds. The summed E-state index contributed by atoms with van der Waals surface area (Å²) in [7, 11) is 0. The van der Waals surface area contributed by atoms with E-state index in [1.165, 1.54) is 0 Å². The molecule has 0 atom stereocenters. The Labute approximate surface area is 127 Å². The standard InChI is InChI=1S/C16H17N3O3/c1-2-10-3-4-14(17-8-10)19-16(21)12-7-11-9-22-6-5-13(11)18-15(12)20/h3-4,7-8H,2,5-6,9H2,1H3,(H,18,20)(H,17,19,21). The molecule has 0 fully saturated rings. The van der Waals surface area contributed by atoms with Crippen LogP contribution in [0.4, 0.5) is 5.82 Å². The number of fused-ring (bicyclic) bond motifs is 1. The third-order valence-corrected chi connectivity index (χ3v) is 3.69. The van der Waals surface area contributed by atoms with E-state index in [1.54, 1.807) is 18.3 Å². The quantitative estimate of drug-likeness (QED) is 0.902.